The molecular formula is C16H18N2O2. The fourth-order valence-corrected chi connectivity index (χ4v) is 2.90. The summed E-state index contributed by atoms with van der Waals surface area (Å²) in [6, 6.07) is 11.2. The van der Waals surface area contributed by atoms with Gasteiger partial charge >= 0.3 is 0 Å². The van der Waals surface area contributed by atoms with E-state index in [-0.39, 0.29) is 23.7 Å². The quantitative estimate of drug-likeness (QED) is 0.782. The molecule has 2 aromatic rings. The lowest BCUT2D eigenvalue weighted by Gasteiger charge is -2.14. The Morgan fingerprint density at radius 2 is 2.00 bits per heavy atom. The average Bonchev–Trinajstić information content (AvgIpc) is 2.83. The van der Waals surface area contributed by atoms with E-state index in [1.165, 1.54) is 0 Å². The van der Waals surface area contributed by atoms with Crippen LogP contribution in [0.3, 0.4) is 0 Å². The molecule has 3 rings (SSSR count). The molecule has 4 heteroatoms. The lowest BCUT2D eigenvalue weighted by Crippen LogP contribution is -2.34. The number of nitrogens with two attached hydrogens (primary N) is 1. The minimum absolute atomic E-state index is 0.0171. The van der Waals surface area contributed by atoms with Crippen LogP contribution in [0.1, 0.15) is 29.6 Å². The number of rotatable bonds is 2. The third kappa shape index (κ3) is 2.34. The predicted molar refractivity (Wildman–Crippen MR) is 78.7 cm³/mol. The summed E-state index contributed by atoms with van der Waals surface area (Å²) < 4.78 is 0. The number of carbonyl (C=O) groups is 1. The van der Waals surface area contributed by atoms with Crippen LogP contribution in [-0.2, 0) is 0 Å². The summed E-state index contributed by atoms with van der Waals surface area (Å²) in [6.07, 6.45) is 2.64. The summed E-state index contributed by atoms with van der Waals surface area (Å²) in [7, 11) is 0. The summed E-state index contributed by atoms with van der Waals surface area (Å²) in [5.41, 5.74) is 6.21. The van der Waals surface area contributed by atoms with E-state index in [9.17, 15) is 9.90 Å². The van der Waals surface area contributed by atoms with Gasteiger partial charge in [-0.15, -0.1) is 0 Å². The molecule has 0 radical (unpaired) electrons. The molecule has 0 aromatic heterocycles. The van der Waals surface area contributed by atoms with Crippen LogP contribution in [0.2, 0.25) is 0 Å². The van der Waals surface area contributed by atoms with Crippen molar-refractivity contribution in [3.05, 3.63) is 42.0 Å². The fraction of sp³-hybridized carbons (Fsp3) is 0.312. The molecule has 20 heavy (non-hydrogen) atoms. The molecule has 0 heterocycles. The highest BCUT2D eigenvalue weighted by Crippen LogP contribution is 2.27. The number of nitrogens with one attached hydrogen (secondary N) is 1. The van der Waals surface area contributed by atoms with Gasteiger partial charge in [-0.2, -0.15) is 0 Å². The van der Waals surface area contributed by atoms with Crippen LogP contribution in [0.15, 0.2) is 36.4 Å². The number of aromatic hydroxyl groups is 1. The minimum atomic E-state index is -0.224. The highest BCUT2D eigenvalue weighted by Gasteiger charge is 2.25. The van der Waals surface area contributed by atoms with Gasteiger partial charge in [0.25, 0.3) is 5.91 Å². The lowest BCUT2D eigenvalue weighted by molar-refractivity contribution is 0.0937. The molecule has 1 fully saturated rings. The van der Waals surface area contributed by atoms with Gasteiger partial charge < -0.3 is 16.2 Å². The second-order valence-electron chi connectivity index (χ2n) is 5.42. The molecule has 4 N–H and O–H groups in total. The molecule has 1 aliphatic rings. The van der Waals surface area contributed by atoms with Gasteiger partial charge in [-0.3, -0.25) is 4.79 Å². The number of amides is 1. The first-order chi connectivity index (χ1) is 9.65. The third-order valence-corrected chi connectivity index (χ3v) is 3.94. The summed E-state index contributed by atoms with van der Waals surface area (Å²) in [6.45, 7) is 0. The molecule has 104 valence electrons. The zero-order valence-electron chi connectivity index (χ0n) is 11.2. The molecule has 1 saturated carbocycles. The van der Waals surface area contributed by atoms with Gasteiger partial charge in [0.1, 0.15) is 5.75 Å². The largest absolute Gasteiger partial charge is 0.507 e. The van der Waals surface area contributed by atoms with Crippen molar-refractivity contribution in [3.8, 4) is 5.75 Å². The van der Waals surface area contributed by atoms with E-state index in [2.05, 4.69) is 5.32 Å². The van der Waals surface area contributed by atoms with E-state index in [1.54, 1.807) is 6.07 Å². The molecule has 4 nitrogen and oxygen atoms in total. The van der Waals surface area contributed by atoms with E-state index in [0.717, 1.165) is 30.0 Å². The third-order valence-electron chi connectivity index (χ3n) is 3.94. The molecule has 2 atom stereocenters. The van der Waals surface area contributed by atoms with E-state index in [0.29, 0.717) is 5.56 Å². The predicted octanol–water partition coefficient (Wildman–Crippen LogP) is 2.16. The Morgan fingerprint density at radius 1 is 1.20 bits per heavy atom. The van der Waals surface area contributed by atoms with Crippen molar-refractivity contribution in [2.24, 2.45) is 5.73 Å². The monoisotopic (exact) mass is 270 g/mol. The number of phenolic OH excluding ortho intramolecular Hbond substituents is 1. The number of hydrogen-bond donors (Lipinski definition) is 3. The van der Waals surface area contributed by atoms with Crippen molar-refractivity contribution < 1.29 is 9.90 Å². The number of hydrogen-bond acceptors (Lipinski definition) is 3. The van der Waals surface area contributed by atoms with Gasteiger partial charge in [0.05, 0.1) is 5.56 Å². The Hall–Kier alpha value is -2.07. The highest BCUT2D eigenvalue weighted by atomic mass is 16.3. The van der Waals surface area contributed by atoms with Gasteiger partial charge in [-0.05, 0) is 36.1 Å². The first-order valence-electron chi connectivity index (χ1n) is 6.92. The molecule has 2 aromatic carbocycles. The van der Waals surface area contributed by atoms with Crippen LogP contribution in [0, 0.1) is 0 Å². The van der Waals surface area contributed by atoms with Crippen LogP contribution in [0.4, 0.5) is 0 Å². The summed E-state index contributed by atoms with van der Waals surface area (Å²) in [5.74, 6) is -0.207. The maximum absolute atomic E-state index is 12.4. The van der Waals surface area contributed by atoms with Crippen molar-refractivity contribution in [1.82, 2.24) is 5.32 Å². The maximum atomic E-state index is 12.4. The Morgan fingerprint density at radius 3 is 2.75 bits per heavy atom. The SMILES string of the molecule is N[C@@H]1CC[C@@H](NC(=O)c2c(O)ccc3ccccc23)C1. The molecule has 0 bridgehead atoms. The molecule has 0 spiro atoms. The molecular weight excluding hydrogens is 252 g/mol. The number of phenols is 1. The fourth-order valence-electron chi connectivity index (χ4n) is 2.90. The molecule has 1 amide bonds. The van der Waals surface area contributed by atoms with Crippen molar-refractivity contribution in [1.29, 1.82) is 0 Å². The van der Waals surface area contributed by atoms with E-state index < -0.39 is 0 Å². The standard InChI is InChI=1S/C16H18N2O2/c17-11-6-7-12(9-11)18-16(20)15-13-4-2-1-3-10(13)5-8-14(15)19/h1-5,8,11-12,19H,6-7,9,17H2,(H,18,20)/t11-,12-/m1/s1. The summed E-state index contributed by atoms with van der Waals surface area (Å²) >= 11 is 0. The van der Waals surface area contributed by atoms with Crippen molar-refractivity contribution in [2.75, 3.05) is 0 Å². The first kappa shape index (κ1) is 12.9. The second-order valence-corrected chi connectivity index (χ2v) is 5.42. The number of carbonyl (C=O) groups excluding carboxylic acids is 1. The van der Waals surface area contributed by atoms with Crippen molar-refractivity contribution in [3.63, 3.8) is 0 Å². The Bertz CT molecular complexity index is 654. The van der Waals surface area contributed by atoms with Crippen LogP contribution in [0.25, 0.3) is 10.8 Å². The molecule has 0 saturated heterocycles. The zero-order chi connectivity index (χ0) is 14.1. The maximum Gasteiger partial charge on any atom is 0.255 e. The zero-order valence-corrected chi connectivity index (χ0v) is 11.2. The number of fused-ring (bicyclic) bond motifs is 1. The summed E-state index contributed by atoms with van der Waals surface area (Å²) in [5, 5.41) is 14.7. The normalized spacial score (nSPS) is 22.1. The van der Waals surface area contributed by atoms with Crippen LogP contribution >= 0.6 is 0 Å². The van der Waals surface area contributed by atoms with Crippen LogP contribution in [-0.4, -0.2) is 23.1 Å². The summed E-state index contributed by atoms with van der Waals surface area (Å²) in [4.78, 5) is 12.4. The lowest BCUT2D eigenvalue weighted by atomic mass is 10.0. The Balaban J connectivity index is 1.92. The van der Waals surface area contributed by atoms with E-state index in [1.807, 2.05) is 30.3 Å². The van der Waals surface area contributed by atoms with Gasteiger partial charge in [0, 0.05) is 12.1 Å². The highest BCUT2D eigenvalue weighted by molar-refractivity contribution is 6.09. The number of benzene rings is 2. The van der Waals surface area contributed by atoms with Crippen molar-refractivity contribution in [2.45, 2.75) is 31.3 Å². The molecule has 1 aliphatic carbocycles. The first-order valence-corrected chi connectivity index (χ1v) is 6.92. The van der Waals surface area contributed by atoms with Gasteiger partial charge in [-0.25, -0.2) is 0 Å². The Kier molecular flexibility index (Phi) is 3.32. The second kappa shape index (κ2) is 5.13. The smallest absolute Gasteiger partial charge is 0.255 e. The van der Waals surface area contributed by atoms with Crippen molar-refractivity contribution >= 4 is 16.7 Å². The van der Waals surface area contributed by atoms with E-state index in [4.69, 9.17) is 5.73 Å². The van der Waals surface area contributed by atoms with Gasteiger partial charge in [-0.1, -0.05) is 30.3 Å². The van der Waals surface area contributed by atoms with E-state index >= 15 is 0 Å². The minimum Gasteiger partial charge on any atom is -0.507 e. The topological polar surface area (TPSA) is 75.3 Å². The molecule has 0 unspecified atom stereocenters. The van der Waals surface area contributed by atoms with Crippen LogP contribution < -0.4 is 11.1 Å². The Labute approximate surface area is 117 Å². The van der Waals surface area contributed by atoms with Gasteiger partial charge in [0.2, 0.25) is 0 Å². The average molecular weight is 270 g/mol. The van der Waals surface area contributed by atoms with Crippen LogP contribution in [0.5, 0.6) is 5.75 Å². The van der Waals surface area contributed by atoms with Gasteiger partial charge in [0.15, 0.2) is 0 Å². The molecule has 0 aliphatic heterocycles.